The molecule has 0 amide bonds. The molecule has 4 aromatic rings. The number of rotatable bonds is 14. The van der Waals surface area contributed by atoms with Crippen LogP contribution in [0.1, 0.15) is 48.9 Å². The van der Waals surface area contributed by atoms with Crippen LogP contribution in [0.2, 0.25) is 0 Å². The van der Waals surface area contributed by atoms with Gasteiger partial charge in [-0.05, 0) is 87.1 Å². The van der Waals surface area contributed by atoms with Crippen LogP contribution in [0.15, 0.2) is 111 Å². The highest BCUT2D eigenvalue weighted by atomic mass is 31.3. The van der Waals surface area contributed by atoms with Gasteiger partial charge in [0.25, 0.3) is 0 Å². The van der Waals surface area contributed by atoms with Crippen molar-refractivity contribution < 1.29 is 27.1 Å². The van der Waals surface area contributed by atoms with Gasteiger partial charge in [-0.1, -0.05) is 91.2 Å². The van der Waals surface area contributed by atoms with E-state index < -0.39 is 23.0 Å². The van der Waals surface area contributed by atoms with Gasteiger partial charge in [0.05, 0.1) is 13.2 Å². The second-order valence-corrected chi connectivity index (χ2v) is 17.2. The SMILES string of the molecule is CCCOP1(OCCC)=NP(Oc2ccccc2C)(Oc2ccccc2C)=NP(Oc2ccccc2C)(Oc2ccccc2C)=N1. The molecule has 46 heavy (non-hydrogen) atoms. The van der Waals surface area contributed by atoms with Crippen molar-refractivity contribution >= 4 is 23.0 Å². The zero-order chi connectivity index (χ0) is 32.6. The molecule has 0 spiro atoms. The summed E-state index contributed by atoms with van der Waals surface area (Å²) in [7, 11) is -11.0. The van der Waals surface area contributed by atoms with Gasteiger partial charge in [-0.2, -0.15) is 0 Å². The van der Waals surface area contributed by atoms with E-state index in [1.54, 1.807) is 0 Å². The Balaban J connectivity index is 1.88. The van der Waals surface area contributed by atoms with Gasteiger partial charge in [-0.15, -0.1) is 9.03 Å². The lowest BCUT2D eigenvalue weighted by atomic mass is 10.2. The average molecular weight is 682 g/mol. The van der Waals surface area contributed by atoms with Gasteiger partial charge in [-0.3, -0.25) is 0 Å². The fourth-order valence-electron chi connectivity index (χ4n) is 4.37. The van der Waals surface area contributed by atoms with Gasteiger partial charge in [0.15, 0.2) is 0 Å². The summed E-state index contributed by atoms with van der Waals surface area (Å²) in [6.45, 7) is 12.6. The lowest BCUT2D eigenvalue weighted by molar-refractivity contribution is 0.239. The third-order valence-corrected chi connectivity index (χ3v) is 15.1. The summed E-state index contributed by atoms with van der Waals surface area (Å²) >= 11 is 0. The molecule has 0 aromatic heterocycles. The zero-order valence-electron chi connectivity index (χ0n) is 27.2. The molecule has 0 bridgehead atoms. The highest BCUT2D eigenvalue weighted by Crippen LogP contribution is 2.79. The van der Waals surface area contributed by atoms with Crippen LogP contribution in [0.4, 0.5) is 0 Å². The second-order valence-electron chi connectivity index (χ2n) is 10.8. The van der Waals surface area contributed by atoms with Gasteiger partial charge in [0, 0.05) is 0 Å². The minimum atomic E-state index is -3.76. The molecule has 0 radical (unpaired) electrons. The summed E-state index contributed by atoms with van der Waals surface area (Å²) in [4.78, 5) is 0. The Bertz CT molecular complexity index is 1630. The fraction of sp³-hybridized carbons (Fsp3) is 0.294. The molecule has 5 rings (SSSR count). The van der Waals surface area contributed by atoms with E-state index in [1.165, 1.54) is 0 Å². The highest BCUT2D eigenvalue weighted by Gasteiger charge is 2.47. The molecule has 4 aromatic carbocycles. The van der Waals surface area contributed by atoms with Crippen molar-refractivity contribution in [1.82, 2.24) is 0 Å². The predicted molar refractivity (Wildman–Crippen MR) is 188 cm³/mol. The Kier molecular flexibility index (Phi) is 11.1. The molecule has 1 aliphatic heterocycles. The van der Waals surface area contributed by atoms with Gasteiger partial charge in [0.2, 0.25) is 0 Å². The largest absolute Gasteiger partial charge is 0.459 e. The smallest absolute Gasteiger partial charge is 0.413 e. The molecule has 0 unspecified atom stereocenters. The Hall–Kier alpha value is -3.31. The first-order valence-electron chi connectivity index (χ1n) is 15.4. The van der Waals surface area contributed by atoms with Gasteiger partial charge in [-0.25, -0.2) is 0 Å². The van der Waals surface area contributed by atoms with Crippen LogP contribution in [0.3, 0.4) is 0 Å². The van der Waals surface area contributed by atoms with Crippen LogP contribution in [0.5, 0.6) is 23.0 Å². The van der Waals surface area contributed by atoms with E-state index in [0.29, 0.717) is 49.1 Å². The van der Waals surface area contributed by atoms with Crippen LogP contribution in [0, 0.1) is 27.7 Å². The molecule has 0 atom stereocenters. The van der Waals surface area contributed by atoms with E-state index in [1.807, 2.05) is 139 Å². The number of para-hydroxylation sites is 4. The van der Waals surface area contributed by atoms with Gasteiger partial charge < -0.3 is 27.1 Å². The Morgan fingerprint density at radius 2 is 0.674 bits per heavy atom. The minimum Gasteiger partial charge on any atom is -0.413 e. The third-order valence-electron chi connectivity index (χ3n) is 6.85. The standard InChI is InChI=1S/C34H42N3O6P3/c1-7-25-38-44(39-26-8-2)35-45(40-31-21-13-9-17-27(31)3,41-32-22-14-10-18-28(32)4)37-46(36-44,42-33-23-15-11-19-29(33)5)43-34-24-16-12-20-30(34)6/h9-24H,7-8,25-26H2,1-6H3. The molecule has 12 heteroatoms. The van der Waals surface area contributed by atoms with Gasteiger partial charge >= 0.3 is 23.0 Å². The molecule has 1 heterocycles. The van der Waals surface area contributed by atoms with E-state index in [0.717, 1.165) is 22.3 Å². The van der Waals surface area contributed by atoms with Crippen molar-refractivity contribution in [2.75, 3.05) is 13.2 Å². The molecule has 0 N–H and O–H groups in total. The molecule has 0 aliphatic carbocycles. The lowest BCUT2D eigenvalue weighted by Gasteiger charge is -2.34. The first kappa shape index (κ1) is 34.0. The van der Waals surface area contributed by atoms with Crippen molar-refractivity contribution in [3.05, 3.63) is 119 Å². The maximum absolute atomic E-state index is 6.87. The fourth-order valence-corrected chi connectivity index (χ4v) is 14.0. The Morgan fingerprint density at radius 1 is 0.413 bits per heavy atom. The van der Waals surface area contributed by atoms with Crippen LogP contribution in [-0.2, 0) is 9.05 Å². The van der Waals surface area contributed by atoms with Crippen molar-refractivity contribution in [2.45, 2.75) is 54.4 Å². The average Bonchev–Trinajstić information content (AvgIpc) is 3.04. The summed E-state index contributed by atoms with van der Waals surface area (Å²) in [5, 5.41) is 0. The molecule has 0 saturated carbocycles. The quantitative estimate of drug-likeness (QED) is 0.123. The van der Waals surface area contributed by atoms with Crippen LogP contribution in [-0.4, -0.2) is 13.2 Å². The molecule has 244 valence electrons. The highest BCUT2D eigenvalue weighted by molar-refractivity contribution is 7.78. The first-order valence-corrected chi connectivity index (χ1v) is 20.0. The number of nitrogens with zero attached hydrogens (tertiary/aromatic N) is 3. The minimum absolute atomic E-state index is 0.341. The summed E-state index contributed by atoms with van der Waals surface area (Å²) in [6.07, 6.45) is 1.43. The van der Waals surface area contributed by atoms with Gasteiger partial charge in [0.1, 0.15) is 23.0 Å². The predicted octanol–water partition coefficient (Wildman–Crippen LogP) is 12.2. The van der Waals surface area contributed by atoms with Crippen molar-refractivity contribution in [1.29, 1.82) is 0 Å². The Morgan fingerprint density at radius 3 is 0.957 bits per heavy atom. The summed E-state index contributed by atoms with van der Waals surface area (Å²) in [5.74, 6) is 2.25. The van der Waals surface area contributed by atoms with E-state index in [9.17, 15) is 0 Å². The van der Waals surface area contributed by atoms with Crippen LogP contribution >= 0.6 is 23.0 Å². The monoisotopic (exact) mass is 681 g/mol. The summed E-state index contributed by atoms with van der Waals surface area (Å²) < 4.78 is 56.2. The van der Waals surface area contributed by atoms with Crippen molar-refractivity contribution in [3.63, 3.8) is 0 Å². The molecular weight excluding hydrogens is 639 g/mol. The van der Waals surface area contributed by atoms with Crippen LogP contribution < -0.4 is 18.1 Å². The van der Waals surface area contributed by atoms with E-state index in [4.69, 9.17) is 40.7 Å². The summed E-state index contributed by atoms with van der Waals surface area (Å²) in [6, 6.07) is 30.8. The number of hydrogen-bond acceptors (Lipinski definition) is 9. The molecule has 0 fully saturated rings. The van der Waals surface area contributed by atoms with E-state index in [2.05, 4.69) is 0 Å². The normalized spacial score (nSPS) is 15.9. The molecular formula is C34H42N3O6P3. The summed E-state index contributed by atoms with van der Waals surface area (Å²) in [5.41, 5.74) is 3.55. The zero-order valence-corrected chi connectivity index (χ0v) is 29.9. The molecule has 1 aliphatic rings. The first-order chi connectivity index (χ1) is 22.2. The van der Waals surface area contributed by atoms with E-state index in [-0.39, 0.29) is 0 Å². The maximum Gasteiger partial charge on any atom is 0.459 e. The second kappa shape index (κ2) is 15.1. The van der Waals surface area contributed by atoms with Crippen LogP contribution in [0.25, 0.3) is 0 Å². The third kappa shape index (κ3) is 8.15. The van der Waals surface area contributed by atoms with Crippen molar-refractivity contribution in [3.8, 4) is 23.0 Å². The topological polar surface area (TPSA) is 92.5 Å². The van der Waals surface area contributed by atoms with Crippen molar-refractivity contribution in [2.24, 2.45) is 13.5 Å². The Labute approximate surface area is 273 Å². The molecule has 9 nitrogen and oxygen atoms in total. The van der Waals surface area contributed by atoms with E-state index >= 15 is 0 Å². The number of hydrogen-bond donors (Lipinski definition) is 0. The lowest BCUT2D eigenvalue weighted by Crippen LogP contribution is -2.11. The number of aryl methyl sites for hydroxylation is 4. The maximum atomic E-state index is 6.87. The molecule has 0 saturated heterocycles. The number of benzene rings is 4.